The second-order valence-electron chi connectivity index (χ2n) is 4.20. The minimum absolute atomic E-state index is 0.0546. The molecule has 0 aromatic heterocycles. The Hall–Kier alpha value is -1.76. The zero-order valence-corrected chi connectivity index (χ0v) is 12.1. The molecule has 1 atom stereocenters. The van der Waals surface area contributed by atoms with Crippen LogP contribution in [0, 0.1) is 12.7 Å². The number of hydrogen-bond acceptors (Lipinski definition) is 3. The summed E-state index contributed by atoms with van der Waals surface area (Å²) in [7, 11) is 0. The Balaban J connectivity index is 2.68. The first kappa shape index (κ1) is 16.3. The maximum atomic E-state index is 13.5. The smallest absolute Gasteiger partial charge is 0.326 e. The SMILES string of the molecule is CSCCC(NC(=O)Nc1c(C)cccc1F)C(=O)O. The van der Waals surface area contributed by atoms with Crippen LogP contribution >= 0.6 is 11.8 Å². The Labute approximate surface area is 120 Å². The lowest BCUT2D eigenvalue weighted by molar-refractivity contribution is -0.139. The van der Waals surface area contributed by atoms with Crippen molar-refractivity contribution in [1.29, 1.82) is 0 Å². The maximum absolute atomic E-state index is 13.5. The van der Waals surface area contributed by atoms with E-state index in [1.807, 2.05) is 6.26 Å². The van der Waals surface area contributed by atoms with Crippen molar-refractivity contribution in [2.24, 2.45) is 0 Å². The second-order valence-corrected chi connectivity index (χ2v) is 5.19. The lowest BCUT2D eigenvalue weighted by atomic mass is 10.2. The van der Waals surface area contributed by atoms with Gasteiger partial charge < -0.3 is 15.7 Å². The molecule has 1 rings (SSSR count). The van der Waals surface area contributed by atoms with Crippen LogP contribution in [0.3, 0.4) is 0 Å². The number of nitrogens with one attached hydrogen (secondary N) is 2. The summed E-state index contributed by atoms with van der Waals surface area (Å²) in [6.07, 6.45) is 2.15. The number of aryl methyl sites for hydroxylation is 1. The van der Waals surface area contributed by atoms with Gasteiger partial charge in [-0.2, -0.15) is 11.8 Å². The molecule has 0 aliphatic carbocycles. The first-order valence-corrected chi connectivity index (χ1v) is 7.39. The summed E-state index contributed by atoms with van der Waals surface area (Å²) in [6.45, 7) is 1.65. The molecule has 0 bridgehead atoms. The first-order valence-electron chi connectivity index (χ1n) is 6.00. The molecule has 1 unspecified atom stereocenters. The largest absolute Gasteiger partial charge is 0.480 e. The number of thioether (sulfide) groups is 1. The van der Waals surface area contributed by atoms with E-state index in [1.54, 1.807) is 13.0 Å². The van der Waals surface area contributed by atoms with E-state index in [0.717, 1.165) is 0 Å². The number of carboxylic acid groups (broad SMARTS) is 1. The van der Waals surface area contributed by atoms with Gasteiger partial charge in [0.25, 0.3) is 0 Å². The number of urea groups is 1. The first-order chi connectivity index (χ1) is 9.45. The minimum atomic E-state index is -1.11. The van der Waals surface area contributed by atoms with Crippen molar-refractivity contribution >= 4 is 29.4 Å². The molecule has 0 saturated heterocycles. The van der Waals surface area contributed by atoms with Crippen LogP contribution in [0.25, 0.3) is 0 Å². The number of carbonyl (C=O) groups is 2. The summed E-state index contributed by atoms with van der Waals surface area (Å²) in [4.78, 5) is 22.7. The van der Waals surface area contributed by atoms with E-state index in [0.29, 0.717) is 17.7 Å². The molecule has 0 heterocycles. The Morgan fingerprint density at radius 2 is 2.15 bits per heavy atom. The van der Waals surface area contributed by atoms with Gasteiger partial charge >= 0.3 is 12.0 Å². The standard InChI is InChI=1S/C13H17FN2O3S/c1-8-4-3-5-9(14)11(8)16-13(19)15-10(12(17)18)6-7-20-2/h3-5,10H,6-7H2,1-2H3,(H,17,18)(H2,15,16,19). The Morgan fingerprint density at radius 1 is 1.45 bits per heavy atom. The van der Waals surface area contributed by atoms with Crippen LogP contribution in [0.5, 0.6) is 0 Å². The molecule has 110 valence electrons. The highest BCUT2D eigenvalue weighted by Gasteiger charge is 2.20. The molecule has 0 saturated carbocycles. The predicted octanol–water partition coefficient (Wildman–Crippen LogP) is 2.46. The fourth-order valence-electron chi connectivity index (χ4n) is 1.59. The molecule has 3 N–H and O–H groups in total. The summed E-state index contributed by atoms with van der Waals surface area (Å²) in [5.41, 5.74) is 0.621. The number of aliphatic carboxylic acids is 1. The second kappa shape index (κ2) is 7.74. The number of amides is 2. The van der Waals surface area contributed by atoms with Crippen LogP contribution in [0.2, 0.25) is 0 Å². The highest BCUT2D eigenvalue weighted by Crippen LogP contribution is 2.18. The van der Waals surface area contributed by atoms with Crippen LogP contribution in [0.15, 0.2) is 18.2 Å². The molecular formula is C13H17FN2O3S. The quantitative estimate of drug-likeness (QED) is 0.754. The lowest BCUT2D eigenvalue weighted by Crippen LogP contribution is -2.43. The van der Waals surface area contributed by atoms with Gasteiger partial charge in [0.15, 0.2) is 0 Å². The Morgan fingerprint density at radius 3 is 2.70 bits per heavy atom. The topological polar surface area (TPSA) is 78.4 Å². The molecule has 0 aliphatic heterocycles. The average molecular weight is 300 g/mol. The van der Waals surface area contributed by atoms with Crippen molar-refractivity contribution in [3.8, 4) is 0 Å². The molecule has 0 fully saturated rings. The number of rotatable bonds is 6. The molecule has 0 spiro atoms. The summed E-state index contributed by atoms with van der Waals surface area (Å²) in [5.74, 6) is -1.06. The highest BCUT2D eigenvalue weighted by atomic mass is 32.2. The molecular weight excluding hydrogens is 283 g/mol. The van der Waals surface area contributed by atoms with Gasteiger partial charge in [0.1, 0.15) is 11.9 Å². The number of para-hydroxylation sites is 1. The molecule has 5 nitrogen and oxygen atoms in total. The zero-order chi connectivity index (χ0) is 15.1. The van der Waals surface area contributed by atoms with Crippen molar-refractivity contribution < 1.29 is 19.1 Å². The summed E-state index contributed by atoms with van der Waals surface area (Å²) < 4.78 is 13.5. The summed E-state index contributed by atoms with van der Waals surface area (Å²) >= 11 is 1.49. The van der Waals surface area contributed by atoms with Gasteiger partial charge in [0, 0.05) is 0 Å². The summed E-state index contributed by atoms with van der Waals surface area (Å²) in [6, 6.07) is 2.69. The predicted molar refractivity (Wildman–Crippen MR) is 77.7 cm³/mol. The monoisotopic (exact) mass is 300 g/mol. The van der Waals surface area contributed by atoms with Crippen molar-refractivity contribution in [2.75, 3.05) is 17.3 Å². The molecule has 20 heavy (non-hydrogen) atoms. The van der Waals surface area contributed by atoms with Gasteiger partial charge in [-0.3, -0.25) is 0 Å². The number of carboxylic acids is 1. The van der Waals surface area contributed by atoms with Gasteiger partial charge in [-0.25, -0.2) is 14.0 Å². The van der Waals surface area contributed by atoms with E-state index in [9.17, 15) is 14.0 Å². The van der Waals surface area contributed by atoms with Gasteiger partial charge in [0.2, 0.25) is 0 Å². The molecule has 0 radical (unpaired) electrons. The average Bonchev–Trinajstić information content (AvgIpc) is 2.38. The van der Waals surface area contributed by atoms with E-state index >= 15 is 0 Å². The fourth-order valence-corrected chi connectivity index (χ4v) is 2.06. The van der Waals surface area contributed by atoms with Crippen molar-refractivity contribution in [3.63, 3.8) is 0 Å². The molecule has 0 aliphatic rings. The van der Waals surface area contributed by atoms with Gasteiger partial charge in [-0.15, -0.1) is 0 Å². The number of anilines is 1. The molecule has 1 aromatic rings. The van der Waals surface area contributed by atoms with Crippen molar-refractivity contribution in [2.45, 2.75) is 19.4 Å². The molecule has 1 aromatic carbocycles. The van der Waals surface area contributed by atoms with E-state index in [2.05, 4.69) is 10.6 Å². The highest BCUT2D eigenvalue weighted by molar-refractivity contribution is 7.98. The maximum Gasteiger partial charge on any atom is 0.326 e. The van der Waals surface area contributed by atoms with Crippen molar-refractivity contribution in [3.05, 3.63) is 29.6 Å². The summed E-state index contributed by atoms with van der Waals surface area (Å²) in [5, 5.41) is 13.7. The third kappa shape index (κ3) is 4.73. The molecule has 2 amide bonds. The van der Waals surface area contributed by atoms with Gasteiger partial charge in [-0.1, -0.05) is 12.1 Å². The van der Waals surface area contributed by atoms with Crippen LogP contribution in [0.1, 0.15) is 12.0 Å². The van der Waals surface area contributed by atoms with Crippen LogP contribution in [-0.2, 0) is 4.79 Å². The van der Waals surface area contributed by atoms with Gasteiger partial charge in [-0.05, 0) is 37.0 Å². The van der Waals surface area contributed by atoms with Gasteiger partial charge in [0.05, 0.1) is 5.69 Å². The number of halogens is 1. The number of carbonyl (C=O) groups excluding carboxylic acids is 1. The van der Waals surface area contributed by atoms with Crippen LogP contribution < -0.4 is 10.6 Å². The molecule has 7 heteroatoms. The van der Waals surface area contributed by atoms with E-state index in [1.165, 1.54) is 23.9 Å². The Bertz CT molecular complexity index is 476. The third-order valence-electron chi connectivity index (χ3n) is 2.67. The number of benzene rings is 1. The van der Waals surface area contributed by atoms with E-state index < -0.39 is 23.9 Å². The zero-order valence-electron chi connectivity index (χ0n) is 11.3. The van der Waals surface area contributed by atoms with Crippen LogP contribution in [0.4, 0.5) is 14.9 Å². The van der Waals surface area contributed by atoms with Crippen LogP contribution in [-0.4, -0.2) is 35.2 Å². The van der Waals surface area contributed by atoms with Crippen molar-refractivity contribution in [1.82, 2.24) is 5.32 Å². The fraction of sp³-hybridized carbons (Fsp3) is 0.385. The number of hydrogen-bond donors (Lipinski definition) is 3. The minimum Gasteiger partial charge on any atom is -0.480 e. The normalized spacial score (nSPS) is 11.8. The van der Waals surface area contributed by atoms with E-state index in [-0.39, 0.29) is 5.69 Å². The Kier molecular flexibility index (Phi) is 6.30. The third-order valence-corrected chi connectivity index (χ3v) is 3.32. The lowest BCUT2D eigenvalue weighted by Gasteiger charge is -2.15. The van der Waals surface area contributed by atoms with E-state index in [4.69, 9.17) is 5.11 Å².